The molecule has 0 aliphatic rings. The molecule has 0 aliphatic heterocycles. The van der Waals surface area contributed by atoms with Crippen molar-refractivity contribution in [3.8, 4) is 0 Å². The Morgan fingerprint density at radius 3 is 0.600 bits per heavy atom. The van der Waals surface area contributed by atoms with Crippen molar-refractivity contribution in [3.63, 3.8) is 0 Å². The van der Waals surface area contributed by atoms with Gasteiger partial charge in [-0.05, 0) is 0 Å². The lowest BCUT2D eigenvalue weighted by Crippen LogP contribution is -0.290. The Kier molecular flexibility index (Phi) is 8480. The van der Waals surface area contributed by atoms with Gasteiger partial charge >= 0.3 is 0 Å². The van der Waals surface area contributed by atoms with E-state index in [0.29, 0.717) is 0 Å². The third kappa shape index (κ3) is 77.3. The van der Waals surface area contributed by atoms with Gasteiger partial charge in [-0.1, -0.05) is 0 Å². The highest BCUT2D eigenvalue weighted by Crippen LogP contribution is 0.846. The van der Waals surface area contributed by atoms with Gasteiger partial charge in [0.2, 0.25) is 0 Å². The van der Waals surface area contributed by atoms with Gasteiger partial charge in [0, 0.05) is 0 Å². The van der Waals surface area contributed by atoms with Gasteiger partial charge in [0.1, 0.15) is 0 Å². The number of hydrogen-bond donors (Lipinski definition) is 0. The number of halogens is 2. The highest BCUT2D eigenvalue weighted by Gasteiger charge is -0.114. The lowest BCUT2D eigenvalue weighted by atomic mass is 16.0. The van der Waals surface area contributed by atoms with Crippen molar-refractivity contribution in [2.75, 3.05) is 0 Å². The summed E-state index contributed by atoms with van der Waals surface area (Å²) < 4.78 is 0. The molecule has 0 saturated carbocycles. The standard InChI is InChI=1S/BrH.ClH.3H2O/h2*1H;3*1H2. The molecule has 0 bridgehead atoms. The minimum Gasteiger partial charge on any atom is -0.412 e. The summed E-state index contributed by atoms with van der Waals surface area (Å²) in [6.45, 7) is 0. The summed E-state index contributed by atoms with van der Waals surface area (Å²) in [6, 6.07) is 0. The molecule has 5 heteroatoms. The zero-order valence-electron chi connectivity index (χ0n) is 2.32. The summed E-state index contributed by atoms with van der Waals surface area (Å²) in [7, 11) is 0. The maximum atomic E-state index is 0. The zero-order chi connectivity index (χ0) is 0. The molecule has 0 aromatic heterocycles. The third-order valence-corrected chi connectivity index (χ3v) is 0. The van der Waals surface area contributed by atoms with E-state index >= 15 is 0 Å². The van der Waals surface area contributed by atoms with Crippen LogP contribution in [0.15, 0.2) is 0 Å². The maximum absolute atomic E-state index is 0. The van der Waals surface area contributed by atoms with Gasteiger partial charge in [-0.15, -0.1) is 29.4 Å². The first kappa shape index (κ1) is 289. The van der Waals surface area contributed by atoms with E-state index in [0.717, 1.165) is 0 Å². The van der Waals surface area contributed by atoms with Gasteiger partial charge in [-0.25, -0.2) is 0 Å². The van der Waals surface area contributed by atoms with Gasteiger partial charge in [0.15, 0.2) is 0 Å². The normalized spacial score (nSPS) is 0. The molecule has 3 nitrogen and oxygen atoms in total. The van der Waals surface area contributed by atoms with Crippen LogP contribution in [0.25, 0.3) is 0 Å². The van der Waals surface area contributed by atoms with Crippen molar-refractivity contribution < 1.29 is 16.4 Å². The van der Waals surface area contributed by atoms with E-state index in [9.17, 15) is 0 Å². The molecule has 0 amide bonds. The van der Waals surface area contributed by atoms with Crippen LogP contribution in [0.2, 0.25) is 0 Å². The molecule has 6 N–H and O–H groups in total. The van der Waals surface area contributed by atoms with E-state index in [1.807, 2.05) is 0 Å². The van der Waals surface area contributed by atoms with Crippen LogP contribution in [-0.2, 0) is 0 Å². The first-order valence-electron chi connectivity index (χ1n) is 0. The minimum absolute atomic E-state index is 0. The highest BCUT2D eigenvalue weighted by molar-refractivity contribution is 8.93. The van der Waals surface area contributed by atoms with Crippen molar-refractivity contribution in [1.82, 2.24) is 0 Å². The first-order valence-corrected chi connectivity index (χ1v) is 0. The van der Waals surface area contributed by atoms with Gasteiger partial charge < -0.3 is 16.4 Å². The maximum Gasteiger partial charge on any atom is -0.114 e. The summed E-state index contributed by atoms with van der Waals surface area (Å²) in [5.74, 6) is 0. The molecule has 0 aliphatic carbocycles. The summed E-state index contributed by atoms with van der Waals surface area (Å²) in [6.07, 6.45) is 0. The summed E-state index contributed by atoms with van der Waals surface area (Å²) in [5, 5.41) is 0. The fourth-order valence-corrected chi connectivity index (χ4v) is 0. The van der Waals surface area contributed by atoms with Gasteiger partial charge in [-0.3, -0.25) is 0 Å². The molecule has 0 heterocycles. The lowest BCUT2D eigenvalue weighted by molar-refractivity contribution is 0.823. The predicted octanol–water partition coefficient (Wildman–Crippen LogP) is -1.47. The predicted molar refractivity (Wildman–Crippen MR) is 28.4 cm³/mol. The average Bonchev–Trinajstić information content (AvgIpc) is 0. The van der Waals surface area contributed by atoms with E-state index in [2.05, 4.69) is 0 Å². The molecular formula is H8BrClO3. The Morgan fingerprint density at radius 2 is 0.600 bits per heavy atom. The fourth-order valence-electron chi connectivity index (χ4n) is 0. The van der Waals surface area contributed by atoms with Crippen LogP contribution in [0.3, 0.4) is 0 Å². The largest absolute Gasteiger partial charge is 0.412 e. The Labute approximate surface area is 46.5 Å². The monoisotopic (exact) mass is 170 g/mol. The average molecular weight is 171 g/mol. The lowest BCUT2D eigenvalue weighted by Gasteiger charge is -0.413. The van der Waals surface area contributed by atoms with Crippen LogP contribution in [0.4, 0.5) is 0 Å². The van der Waals surface area contributed by atoms with Crippen LogP contribution in [-0.4, -0.2) is 16.4 Å². The Bertz CT molecular complexity index is 6.85. The van der Waals surface area contributed by atoms with E-state index in [1.165, 1.54) is 0 Å². The first-order chi connectivity index (χ1) is 0. The molecule has 0 radical (unpaired) electrons. The van der Waals surface area contributed by atoms with Crippen LogP contribution in [0, 0.1) is 0 Å². The van der Waals surface area contributed by atoms with Crippen molar-refractivity contribution in [2.24, 2.45) is 0 Å². The highest BCUT2D eigenvalue weighted by atomic mass is 79.9. The van der Waals surface area contributed by atoms with Gasteiger partial charge in [0.05, 0.1) is 0 Å². The molecule has 5 heavy (non-hydrogen) atoms. The molecule has 0 fully saturated rings. The summed E-state index contributed by atoms with van der Waals surface area (Å²) in [5.41, 5.74) is 0. The molecular weight excluding hydrogens is 163 g/mol. The van der Waals surface area contributed by atoms with E-state index in [4.69, 9.17) is 0 Å². The zero-order valence-corrected chi connectivity index (χ0v) is 4.85. The number of rotatable bonds is 0. The van der Waals surface area contributed by atoms with Gasteiger partial charge in [0.25, 0.3) is 0 Å². The second-order valence-electron chi connectivity index (χ2n) is 0. The molecule has 0 aromatic carbocycles. The molecule has 0 aromatic rings. The molecule has 0 atom stereocenters. The van der Waals surface area contributed by atoms with Crippen molar-refractivity contribution in [2.45, 2.75) is 0 Å². The number of hydrogen-bond acceptors (Lipinski definition) is 0. The van der Waals surface area contributed by atoms with Crippen molar-refractivity contribution in [3.05, 3.63) is 0 Å². The Hall–Kier alpha value is 0.650. The minimum atomic E-state index is 0. The molecule has 40 valence electrons. The van der Waals surface area contributed by atoms with Crippen molar-refractivity contribution in [1.29, 1.82) is 0 Å². The molecule has 0 saturated heterocycles. The molecule has 0 rings (SSSR count). The summed E-state index contributed by atoms with van der Waals surface area (Å²) in [4.78, 5) is 0. The quantitative estimate of drug-likeness (QED) is 0.425. The van der Waals surface area contributed by atoms with E-state index < -0.39 is 0 Å². The third-order valence-electron chi connectivity index (χ3n) is 0. The van der Waals surface area contributed by atoms with Crippen LogP contribution >= 0.6 is 29.4 Å². The second kappa shape index (κ2) is 147. The topological polar surface area (TPSA) is 94.5 Å². The van der Waals surface area contributed by atoms with Crippen LogP contribution in [0.1, 0.15) is 0 Å². The smallest absolute Gasteiger partial charge is 0.114 e. The van der Waals surface area contributed by atoms with E-state index in [-0.39, 0.29) is 45.8 Å². The SMILES string of the molecule is Br.Cl.O.O.O. The molecule has 0 unspecified atom stereocenters. The Balaban J connectivity index is 0. The molecule has 0 spiro atoms. The second-order valence-corrected chi connectivity index (χ2v) is 0. The van der Waals surface area contributed by atoms with Crippen molar-refractivity contribution >= 4 is 29.4 Å². The Morgan fingerprint density at radius 1 is 0.600 bits per heavy atom. The van der Waals surface area contributed by atoms with Crippen LogP contribution in [0.5, 0.6) is 0 Å². The fraction of sp³-hybridized carbons (Fsp3) is 0. The van der Waals surface area contributed by atoms with Gasteiger partial charge in [-0.2, -0.15) is 0 Å². The summed E-state index contributed by atoms with van der Waals surface area (Å²) >= 11 is 0. The van der Waals surface area contributed by atoms with Crippen LogP contribution < -0.4 is 0 Å². The van der Waals surface area contributed by atoms with E-state index in [1.54, 1.807) is 0 Å².